The van der Waals surface area contributed by atoms with Crippen LogP contribution in [0.5, 0.6) is 0 Å². The fourth-order valence-electron chi connectivity index (χ4n) is 2.98. The van der Waals surface area contributed by atoms with Gasteiger partial charge in [-0.15, -0.1) is 0 Å². The van der Waals surface area contributed by atoms with Gasteiger partial charge >= 0.3 is 0 Å². The van der Waals surface area contributed by atoms with Gasteiger partial charge in [-0.1, -0.05) is 6.92 Å². The lowest BCUT2D eigenvalue weighted by Gasteiger charge is -2.21. The van der Waals surface area contributed by atoms with Crippen molar-refractivity contribution in [1.82, 2.24) is 19.8 Å². The van der Waals surface area contributed by atoms with Crippen LogP contribution in [0, 0.1) is 5.92 Å². The lowest BCUT2D eigenvalue weighted by Crippen LogP contribution is -2.32. The van der Waals surface area contributed by atoms with Crippen molar-refractivity contribution in [3.63, 3.8) is 0 Å². The van der Waals surface area contributed by atoms with Crippen LogP contribution in [0.4, 0.5) is 0 Å². The standard InChI is InChI=1S/C16H26N4O/c1-3-9-19(2)11-14-7-10-20(12-14)16(21)5-4-15-6-8-17-13-18-15/h6,8,13-14H,3-5,7,9-12H2,1-2H3. The highest BCUT2D eigenvalue weighted by Crippen LogP contribution is 2.18. The van der Waals surface area contributed by atoms with Crippen LogP contribution in [0.15, 0.2) is 18.6 Å². The van der Waals surface area contributed by atoms with E-state index in [0.29, 0.717) is 18.8 Å². The fourth-order valence-corrected chi connectivity index (χ4v) is 2.98. The first-order chi connectivity index (χ1) is 10.2. The van der Waals surface area contributed by atoms with Crippen molar-refractivity contribution in [2.75, 3.05) is 33.2 Å². The molecule has 5 nitrogen and oxygen atoms in total. The van der Waals surface area contributed by atoms with Gasteiger partial charge in [0.1, 0.15) is 6.33 Å². The maximum Gasteiger partial charge on any atom is 0.222 e. The van der Waals surface area contributed by atoms with Crippen molar-refractivity contribution in [2.45, 2.75) is 32.6 Å². The third-order valence-electron chi connectivity index (χ3n) is 4.05. The van der Waals surface area contributed by atoms with Crippen molar-refractivity contribution < 1.29 is 4.79 Å². The van der Waals surface area contributed by atoms with E-state index in [4.69, 9.17) is 0 Å². The average molecular weight is 290 g/mol. The Morgan fingerprint density at radius 1 is 1.52 bits per heavy atom. The van der Waals surface area contributed by atoms with Crippen LogP contribution >= 0.6 is 0 Å². The van der Waals surface area contributed by atoms with E-state index in [1.165, 1.54) is 12.7 Å². The number of carbonyl (C=O) groups is 1. The molecular weight excluding hydrogens is 264 g/mol. The van der Waals surface area contributed by atoms with Gasteiger partial charge < -0.3 is 9.80 Å². The predicted molar refractivity (Wildman–Crippen MR) is 82.8 cm³/mol. The summed E-state index contributed by atoms with van der Waals surface area (Å²) in [6.45, 7) is 6.26. The van der Waals surface area contributed by atoms with E-state index in [1.807, 2.05) is 11.0 Å². The maximum absolute atomic E-state index is 12.2. The van der Waals surface area contributed by atoms with Crippen LogP contribution in [0.25, 0.3) is 0 Å². The number of likely N-dealkylation sites (tertiary alicyclic amines) is 1. The summed E-state index contributed by atoms with van der Waals surface area (Å²) in [6.07, 6.45) is 6.84. The van der Waals surface area contributed by atoms with Crippen LogP contribution < -0.4 is 0 Å². The van der Waals surface area contributed by atoms with Gasteiger partial charge in [0.15, 0.2) is 0 Å². The Labute approximate surface area is 127 Å². The first-order valence-electron chi connectivity index (χ1n) is 7.90. The minimum absolute atomic E-state index is 0.259. The van der Waals surface area contributed by atoms with Gasteiger partial charge in [-0.3, -0.25) is 4.79 Å². The van der Waals surface area contributed by atoms with E-state index < -0.39 is 0 Å². The van der Waals surface area contributed by atoms with E-state index in [2.05, 4.69) is 28.8 Å². The number of carbonyl (C=O) groups excluding carboxylic acids is 1. The van der Waals surface area contributed by atoms with Crippen LogP contribution in [0.3, 0.4) is 0 Å². The molecule has 0 radical (unpaired) electrons. The van der Waals surface area contributed by atoms with Gasteiger partial charge in [0, 0.05) is 37.9 Å². The van der Waals surface area contributed by atoms with E-state index >= 15 is 0 Å². The van der Waals surface area contributed by atoms with Crippen molar-refractivity contribution >= 4 is 5.91 Å². The molecule has 116 valence electrons. The SMILES string of the molecule is CCCN(C)CC1CCN(C(=O)CCc2ccncn2)C1. The average Bonchev–Trinajstić information content (AvgIpc) is 2.94. The van der Waals surface area contributed by atoms with Gasteiger partial charge in [-0.05, 0) is 44.8 Å². The molecule has 0 saturated carbocycles. The van der Waals surface area contributed by atoms with Crippen molar-refractivity contribution in [1.29, 1.82) is 0 Å². The highest BCUT2D eigenvalue weighted by Gasteiger charge is 2.26. The second kappa shape index (κ2) is 8.08. The van der Waals surface area contributed by atoms with Crippen molar-refractivity contribution in [3.8, 4) is 0 Å². The van der Waals surface area contributed by atoms with Crippen LogP contribution in [0.2, 0.25) is 0 Å². The smallest absolute Gasteiger partial charge is 0.222 e. The Hall–Kier alpha value is -1.49. The largest absolute Gasteiger partial charge is 0.342 e. The molecule has 1 unspecified atom stereocenters. The van der Waals surface area contributed by atoms with Crippen molar-refractivity contribution in [3.05, 3.63) is 24.3 Å². The second-order valence-corrected chi connectivity index (χ2v) is 5.96. The molecule has 1 atom stereocenters. The van der Waals surface area contributed by atoms with Gasteiger partial charge in [0.2, 0.25) is 5.91 Å². The molecule has 21 heavy (non-hydrogen) atoms. The summed E-state index contributed by atoms with van der Waals surface area (Å²) < 4.78 is 0. The molecule has 1 aliphatic heterocycles. The molecule has 0 aromatic carbocycles. The molecule has 2 rings (SSSR count). The van der Waals surface area contributed by atoms with E-state index in [9.17, 15) is 4.79 Å². The Morgan fingerprint density at radius 3 is 3.10 bits per heavy atom. The number of amides is 1. The molecule has 1 amide bonds. The molecule has 1 aromatic rings. The molecule has 1 fully saturated rings. The fraction of sp³-hybridized carbons (Fsp3) is 0.688. The molecule has 1 aliphatic rings. The Morgan fingerprint density at radius 2 is 2.38 bits per heavy atom. The monoisotopic (exact) mass is 290 g/mol. The number of nitrogens with zero attached hydrogens (tertiary/aromatic N) is 4. The number of hydrogen-bond acceptors (Lipinski definition) is 4. The van der Waals surface area contributed by atoms with Crippen LogP contribution in [-0.2, 0) is 11.2 Å². The molecule has 0 spiro atoms. The number of rotatable bonds is 7. The van der Waals surface area contributed by atoms with Crippen molar-refractivity contribution in [2.24, 2.45) is 5.92 Å². The van der Waals surface area contributed by atoms with Gasteiger partial charge in [-0.2, -0.15) is 0 Å². The predicted octanol–water partition coefficient (Wildman–Crippen LogP) is 1.60. The maximum atomic E-state index is 12.2. The molecular formula is C16H26N4O. The first kappa shape index (κ1) is 15.9. The molecule has 1 saturated heterocycles. The number of aromatic nitrogens is 2. The van der Waals surface area contributed by atoms with E-state index in [0.717, 1.165) is 38.3 Å². The quantitative estimate of drug-likeness (QED) is 0.765. The normalized spacial score (nSPS) is 18.4. The topological polar surface area (TPSA) is 49.3 Å². The zero-order valence-electron chi connectivity index (χ0n) is 13.2. The van der Waals surface area contributed by atoms with Gasteiger partial charge in [-0.25, -0.2) is 9.97 Å². The summed E-state index contributed by atoms with van der Waals surface area (Å²) in [5.41, 5.74) is 0.941. The number of hydrogen-bond donors (Lipinski definition) is 0. The molecule has 0 N–H and O–H groups in total. The summed E-state index contributed by atoms with van der Waals surface area (Å²) in [7, 11) is 2.17. The van der Waals surface area contributed by atoms with Gasteiger partial charge in [0.05, 0.1) is 0 Å². The second-order valence-electron chi connectivity index (χ2n) is 5.96. The summed E-state index contributed by atoms with van der Waals surface area (Å²) in [6, 6.07) is 1.87. The minimum Gasteiger partial charge on any atom is -0.342 e. The number of aryl methyl sites for hydroxylation is 1. The first-order valence-corrected chi connectivity index (χ1v) is 7.90. The molecule has 2 heterocycles. The Balaban J connectivity index is 1.72. The highest BCUT2D eigenvalue weighted by molar-refractivity contribution is 5.76. The molecule has 0 aliphatic carbocycles. The molecule has 5 heteroatoms. The van der Waals surface area contributed by atoms with Crippen LogP contribution in [-0.4, -0.2) is 58.9 Å². The highest BCUT2D eigenvalue weighted by atomic mass is 16.2. The summed E-state index contributed by atoms with van der Waals surface area (Å²) >= 11 is 0. The lowest BCUT2D eigenvalue weighted by molar-refractivity contribution is -0.130. The zero-order chi connectivity index (χ0) is 15.1. The lowest BCUT2D eigenvalue weighted by atomic mass is 10.1. The van der Waals surface area contributed by atoms with E-state index in [-0.39, 0.29) is 5.91 Å². The third-order valence-corrected chi connectivity index (χ3v) is 4.05. The Kier molecular flexibility index (Phi) is 6.11. The summed E-state index contributed by atoms with van der Waals surface area (Å²) in [5, 5.41) is 0. The Bertz CT molecular complexity index is 437. The minimum atomic E-state index is 0.259. The summed E-state index contributed by atoms with van der Waals surface area (Å²) in [4.78, 5) is 24.7. The van der Waals surface area contributed by atoms with E-state index in [1.54, 1.807) is 6.20 Å². The van der Waals surface area contributed by atoms with Crippen LogP contribution in [0.1, 0.15) is 31.9 Å². The third kappa shape index (κ3) is 5.08. The zero-order valence-corrected chi connectivity index (χ0v) is 13.2. The molecule has 0 bridgehead atoms. The summed E-state index contributed by atoms with van der Waals surface area (Å²) in [5.74, 6) is 0.888. The molecule has 1 aromatic heterocycles. The van der Waals surface area contributed by atoms with Gasteiger partial charge in [0.25, 0.3) is 0 Å².